The predicted molar refractivity (Wildman–Crippen MR) is 94.0 cm³/mol. The van der Waals surface area contributed by atoms with E-state index in [-0.39, 0.29) is 36.9 Å². The Morgan fingerprint density at radius 1 is 1.50 bits per heavy atom. The van der Waals surface area contributed by atoms with E-state index in [4.69, 9.17) is 15.4 Å². The van der Waals surface area contributed by atoms with Crippen LogP contribution in [0.4, 0.5) is 14.9 Å². The van der Waals surface area contributed by atoms with Crippen molar-refractivity contribution in [3.63, 3.8) is 0 Å². The Kier molecular flexibility index (Phi) is 5.49. The van der Waals surface area contributed by atoms with Gasteiger partial charge in [0.1, 0.15) is 17.6 Å². The maximum Gasteiger partial charge on any atom is 0.414 e. The van der Waals surface area contributed by atoms with E-state index < -0.39 is 18.0 Å². The number of nitrogens with zero attached hydrogens (tertiary/aromatic N) is 4. The van der Waals surface area contributed by atoms with Crippen molar-refractivity contribution in [2.45, 2.75) is 19.4 Å². The van der Waals surface area contributed by atoms with Crippen molar-refractivity contribution >= 4 is 23.5 Å². The van der Waals surface area contributed by atoms with Crippen LogP contribution >= 0.6 is 0 Å². The minimum atomic E-state index is -0.637. The molecule has 1 aliphatic rings. The van der Waals surface area contributed by atoms with Crippen molar-refractivity contribution in [2.24, 2.45) is 0 Å². The number of benzene rings is 1. The van der Waals surface area contributed by atoms with E-state index in [9.17, 15) is 14.0 Å². The van der Waals surface area contributed by atoms with Crippen LogP contribution in [0.2, 0.25) is 0 Å². The van der Waals surface area contributed by atoms with Crippen LogP contribution in [0.3, 0.4) is 0 Å². The number of hydroxylamine groups is 1. The van der Waals surface area contributed by atoms with E-state index in [1.165, 1.54) is 34.8 Å². The zero-order chi connectivity index (χ0) is 20.3. The van der Waals surface area contributed by atoms with Gasteiger partial charge in [-0.15, -0.1) is 5.10 Å². The summed E-state index contributed by atoms with van der Waals surface area (Å²) in [5, 5.41) is 26.2. The van der Waals surface area contributed by atoms with Crippen LogP contribution in [0, 0.1) is 11.2 Å². The fraction of sp³-hybridized carbons (Fsp3) is 0.312. The highest BCUT2D eigenvalue weighted by atomic mass is 19.1. The minimum absolute atomic E-state index is 0.00546. The number of carbonyl (C=O) groups is 2. The number of cyclic esters (lactones) is 1. The first-order valence-corrected chi connectivity index (χ1v) is 8.28. The molecule has 3 rings (SSSR count). The Hall–Kier alpha value is -3.54. The lowest BCUT2D eigenvalue weighted by Gasteiger charge is -2.14. The van der Waals surface area contributed by atoms with Gasteiger partial charge in [-0.1, -0.05) is 5.21 Å². The summed E-state index contributed by atoms with van der Waals surface area (Å²) in [6.07, 6.45) is 0.288. The van der Waals surface area contributed by atoms with Crippen LogP contribution in [0.25, 0.3) is 5.69 Å². The number of hydrogen-bond acceptors (Lipinski definition) is 7. The molecule has 0 radical (unpaired) electrons. The highest BCUT2D eigenvalue weighted by Gasteiger charge is 2.32. The van der Waals surface area contributed by atoms with E-state index in [0.717, 1.165) is 0 Å². The molecule has 1 fully saturated rings. The highest BCUT2D eigenvalue weighted by Crippen LogP contribution is 2.25. The number of aromatic nitrogens is 3. The SMILES string of the molecule is CC(=O)NC[C@H]1CN(c2ccc(-n3cc(CC(=N)NO)nn3)c(F)c2)C(=O)O1. The van der Waals surface area contributed by atoms with Crippen molar-refractivity contribution in [1.82, 2.24) is 25.8 Å². The number of carbonyl (C=O) groups excluding carboxylic acids is 2. The van der Waals surface area contributed by atoms with Crippen LogP contribution in [-0.4, -0.2) is 57.2 Å². The van der Waals surface area contributed by atoms with Crippen molar-refractivity contribution in [1.29, 1.82) is 5.41 Å². The topological polar surface area (TPSA) is 145 Å². The normalized spacial score (nSPS) is 16.0. The molecule has 1 aliphatic heterocycles. The van der Waals surface area contributed by atoms with Gasteiger partial charge in [0.15, 0.2) is 5.82 Å². The summed E-state index contributed by atoms with van der Waals surface area (Å²) in [7, 11) is 0. The van der Waals surface area contributed by atoms with Crippen molar-refractivity contribution < 1.29 is 23.9 Å². The van der Waals surface area contributed by atoms with Gasteiger partial charge in [-0.2, -0.15) is 0 Å². The summed E-state index contributed by atoms with van der Waals surface area (Å²) in [5.41, 5.74) is 2.47. The minimum Gasteiger partial charge on any atom is -0.442 e. The molecule has 0 spiro atoms. The van der Waals surface area contributed by atoms with Gasteiger partial charge in [0, 0.05) is 6.92 Å². The quantitative estimate of drug-likeness (QED) is 0.316. The second kappa shape index (κ2) is 8.00. The number of amidine groups is 1. The maximum atomic E-state index is 14.6. The van der Waals surface area contributed by atoms with Crippen molar-refractivity contribution in [2.75, 3.05) is 18.0 Å². The number of anilines is 1. The van der Waals surface area contributed by atoms with E-state index in [1.807, 2.05) is 0 Å². The van der Waals surface area contributed by atoms with E-state index in [1.54, 1.807) is 11.5 Å². The summed E-state index contributed by atoms with van der Waals surface area (Å²) < 4.78 is 20.9. The summed E-state index contributed by atoms with van der Waals surface area (Å²) >= 11 is 0. The Morgan fingerprint density at radius 2 is 2.29 bits per heavy atom. The summed E-state index contributed by atoms with van der Waals surface area (Å²) in [4.78, 5) is 24.3. The first kappa shape index (κ1) is 19.2. The summed E-state index contributed by atoms with van der Waals surface area (Å²) in [6, 6.07) is 4.16. The van der Waals surface area contributed by atoms with Gasteiger partial charge in [0.05, 0.1) is 37.1 Å². The Bertz CT molecular complexity index is 916. The average Bonchev–Trinajstić information content (AvgIpc) is 3.26. The van der Waals surface area contributed by atoms with Gasteiger partial charge in [0.25, 0.3) is 0 Å². The molecule has 0 unspecified atom stereocenters. The lowest BCUT2D eigenvalue weighted by atomic mass is 10.2. The molecular weight excluding hydrogens is 373 g/mol. The fourth-order valence-electron chi connectivity index (χ4n) is 2.66. The van der Waals surface area contributed by atoms with Crippen LogP contribution < -0.4 is 15.7 Å². The smallest absolute Gasteiger partial charge is 0.414 e. The van der Waals surface area contributed by atoms with E-state index >= 15 is 0 Å². The molecule has 28 heavy (non-hydrogen) atoms. The molecule has 12 heteroatoms. The lowest BCUT2D eigenvalue weighted by Crippen LogP contribution is -2.33. The first-order valence-electron chi connectivity index (χ1n) is 8.28. The van der Waals surface area contributed by atoms with Crippen LogP contribution in [-0.2, 0) is 16.0 Å². The molecule has 1 saturated heterocycles. The standard InChI is InChI=1S/C16H18FN7O4/c1-9(25)19-6-12-8-23(16(26)28-12)11-2-3-14(13(17)5-11)24-7-10(20-22-24)4-15(18)21-27/h2-3,5,7,12,27H,4,6,8H2,1H3,(H2,18,21)(H,19,25)/t12-/m0/s1. The number of hydrogen-bond donors (Lipinski definition) is 4. The third-order valence-corrected chi connectivity index (χ3v) is 3.98. The Labute approximate surface area is 158 Å². The molecule has 0 bridgehead atoms. The van der Waals surface area contributed by atoms with Crippen LogP contribution in [0.1, 0.15) is 12.6 Å². The molecule has 0 aliphatic carbocycles. The highest BCUT2D eigenvalue weighted by molar-refractivity contribution is 5.90. The first-order chi connectivity index (χ1) is 13.4. The molecule has 1 aromatic carbocycles. The zero-order valence-corrected chi connectivity index (χ0v) is 14.8. The Morgan fingerprint density at radius 3 is 2.96 bits per heavy atom. The maximum absolute atomic E-state index is 14.6. The number of halogens is 1. The monoisotopic (exact) mass is 391 g/mol. The molecule has 1 aromatic heterocycles. The van der Waals surface area contributed by atoms with Gasteiger partial charge in [-0.3, -0.25) is 25.8 Å². The van der Waals surface area contributed by atoms with Crippen molar-refractivity contribution in [3.05, 3.63) is 35.9 Å². The van der Waals surface area contributed by atoms with Gasteiger partial charge in [-0.05, 0) is 18.2 Å². The molecular formula is C16H18FN7O4. The van der Waals surface area contributed by atoms with Crippen LogP contribution in [0.15, 0.2) is 24.4 Å². The largest absolute Gasteiger partial charge is 0.442 e. The van der Waals surface area contributed by atoms with Gasteiger partial charge < -0.3 is 10.1 Å². The molecule has 1 atom stereocenters. The molecule has 2 heterocycles. The molecule has 2 amide bonds. The fourth-order valence-corrected chi connectivity index (χ4v) is 2.66. The molecule has 0 saturated carbocycles. The summed E-state index contributed by atoms with van der Waals surface area (Å²) in [6.45, 7) is 1.72. The van der Waals surface area contributed by atoms with Gasteiger partial charge in [0.2, 0.25) is 5.91 Å². The number of ether oxygens (including phenoxy) is 1. The number of amides is 2. The average molecular weight is 391 g/mol. The predicted octanol–water partition coefficient (Wildman–Crippen LogP) is 0.366. The van der Waals surface area contributed by atoms with Gasteiger partial charge in [-0.25, -0.2) is 13.9 Å². The Balaban J connectivity index is 1.73. The van der Waals surface area contributed by atoms with Gasteiger partial charge >= 0.3 is 6.09 Å². The summed E-state index contributed by atoms with van der Waals surface area (Å²) in [5.74, 6) is -1.05. The third-order valence-electron chi connectivity index (χ3n) is 3.98. The molecule has 2 aromatic rings. The molecule has 148 valence electrons. The van der Waals surface area contributed by atoms with Crippen LogP contribution in [0.5, 0.6) is 0 Å². The molecule has 11 nitrogen and oxygen atoms in total. The van der Waals surface area contributed by atoms with Crippen molar-refractivity contribution in [3.8, 4) is 5.69 Å². The van der Waals surface area contributed by atoms with E-state index in [2.05, 4.69) is 15.6 Å². The lowest BCUT2D eigenvalue weighted by molar-refractivity contribution is -0.119. The zero-order valence-electron chi connectivity index (χ0n) is 14.8. The second-order valence-corrected chi connectivity index (χ2v) is 6.11. The van der Waals surface area contributed by atoms with E-state index in [0.29, 0.717) is 11.4 Å². The second-order valence-electron chi connectivity index (χ2n) is 6.11. The number of nitrogens with one attached hydrogen (secondary N) is 3. The third kappa shape index (κ3) is 4.23. The molecule has 4 N–H and O–H groups in total. The number of rotatable bonds is 6.